The second-order valence-corrected chi connectivity index (χ2v) is 4.75. The number of hydrogen-bond acceptors (Lipinski definition) is 2. The standard InChI is InChI=1S/C13H20N2/c1-9-3-5-12(6-4-9)13(15-14)10(2)11-7-8-11/h3-6,10-11,13,15H,7-8,14H2,1-2H3. The van der Waals surface area contributed by atoms with Gasteiger partial charge in [-0.25, -0.2) is 0 Å². The van der Waals surface area contributed by atoms with Gasteiger partial charge in [0.15, 0.2) is 0 Å². The molecule has 1 aliphatic carbocycles. The fourth-order valence-corrected chi connectivity index (χ4v) is 2.22. The van der Waals surface area contributed by atoms with E-state index in [2.05, 4.69) is 43.5 Å². The highest BCUT2D eigenvalue weighted by Gasteiger charge is 2.33. The molecule has 1 saturated carbocycles. The predicted octanol–water partition coefficient (Wildman–Crippen LogP) is 2.55. The summed E-state index contributed by atoms with van der Waals surface area (Å²) in [4.78, 5) is 0. The van der Waals surface area contributed by atoms with Crippen molar-refractivity contribution in [3.8, 4) is 0 Å². The van der Waals surface area contributed by atoms with E-state index in [4.69, 9.17) is 5.84 Å². The Labute approximate surface area is 91.8 Å². The van der Waals surface area contributed by atoms with Crippen molar-refractivity contribution in [3.63, 3.8) is 0 Å². The van der Waals surface area contributed by atoms with Gasteiger partial charge in [-0.1, -0.05) is 36.8 Å². The van der Waals surface area contributed by atoms with Crippen LogP contribution in [-0.2, 0) is 0 Å². The normalized spacial score (nSPS) is 19.9. The molecular formula is C13H20N2. The van der Waals surface area contributed by atoms with Crippen LogP contribution in [0.2, 0.25) is 0 Å². The average Bonchev–Trinajstić information content (AvgIpc) is 3.05. The van der Waals surface area contributed by atoms with Crippen molar-refractivity contribution >= 4 is 0 Å². The van der Waals surface area contributed by atoms with E-state index in [-0.39, 0.29) is 0 Å². The van der Waals surface area contributed by atoms with Gasteiger partial charge in [-0.05, 0) is 37.2 Å². The number of rotatable bonds is 4. The molecule has 2 rings (SSSR count). The summed E-state index contributed by atoms with van der Waals surface area (Å²) in [5.41, 5.74) is 5.57. The van der Waals surface area contributed by atoms with Crippen LogP contribution in [0.5, 0.6) is 0 Å². The third-order valence-corrected chi connectivity index (χ3v) is 3.51. The Kier molecular flexibility index (Phi) is 3.08. The molecule has 1 aromatic rings. The molecule has 1 aliphatic rings. The molecule has 2 heteroatoms. The van der Waals surface area contributed by atoms with Gasteiger partial charge in [0.05, 0.1) is 0 Å². The Morgan fingerprint density at radius 3 is 2.33 bits per heavy atom. The summed E-state index contributed by atoms with van der Waals surface area (Å²) >= 11 is 0. The van der Waals surface area contributed by atoms with E-state index in [0.29, 0.717) is 12.0 Å². The van der Waals surface area contributed by atoms with Gasteiger partial charge in [-0.15, -0.1) is 0 Å². The Bertz CT molecular complexity index is 314. The quantitative estimate of drug-likeness (QED) is 0.584. The topological polar surface area (TPSA) is 38.0 Å². The van der Waals surface area contributed by atoms with E-state index in [9.17, 15) is 0 Å². The highest BCUT2D eigenvalue weighted by atomic mass is 15.2. The highest BCUT2D eigenvalue weighted by Crippen LogP contribution is 2.42. The zero-order valence-corrected chi connectivity index (χ0v) is 9.53. The molecule has 0 spiro atoms. The Hall–Kier alpha value is -0.860. The van der Waals surface area contributed by atoms with Crippen molar-refractivity contribution in [1.29, 1.82) is 0 Å². The lowest BCUT2D eigenvalue weighted by atomic mass is 9.91. The van der Waals surface area contributed by atoms with Gasteiger partial charge in [0.25, 0.3) is 0 Å². The Balaban J connectivity index is 2.14. The monoisotopic (exact) mass is 204 g/mol. The Morgan fingerprint density at radius 2 is 1.87 bits per heavy atom. The smallest absolute Gasteiger partial charge is 0.0488 e. The molecular weight excluding hydrogens is 184 g/mol. The molecule has 2 nitrogen and oxygen atoms in total. The van der Waals surface area contributed by atoms with E-state index < -0.39 is 0 Å². The molecule has 1 aromatic carbocycles. The van der Waals surface area contributed by atoms with Gasteiger partial charge in [-0.3, -0.25) is 11.3 Å². The second kappa shape index (κ2) is 4.33. The number of hydrazine groups is 1. The van der Waals surface area contributed by atoms with Crippen molar-refractivity contribution in [2.45, 2.75) is 32.7 Å². The van der Waals surface area contributed by atoms with Crippen molar-refractivity contribution in [2.75, 3.05) is 0 Å². The molecule has 0 heterocycles. The summed E-state index contributed by atoms with van der Waals surface area (Å²) in [6.07, 6.45) is 2.73. The molecule has 0 aromatic heterocycles. The maximum atomic E-state index is 5.66. The van der Waals surface area contributed by atoms with Gasteiger partial charge in [0.2, 0.25) is 0 Å². The molecule has 0 radical (unpaired) electrons. The third-order valence-electron chi connectivity index (χ3n) is 3.51. The number of benzene rings is 1. The van der Waals surface area contributed by atoms with Gasteiger partial charge in [0, 0.05) is 6.04 Å². The summed E-state index contributed by atoms with van der Waals surface area (Å²) < 4.78 is 0. The van der Waals surface area contributed by atoms with Crippen molar-refractivity contribution in [3.05, 3.63) is 35.4 Å². The van der Waals surface area contributed by atoms with Gasteiger partial charge < -0.3 is 0 Å². The first-order valence-electron chi connectivity index (χ1n) is 5.75. The third kappa shape index (κ3) is 2.39. The van der Waals surface area contributed by atoms with E-state index in [1.807, 2.05) is 0 Å². The summed E-state index contributed by atoms with van der Waals surface area (Å²) in [5, 5.41) is 0. The fourth-order valence-electron chi connectivity index (χ4n) is 2.22. The van der Waals surface area contributed by atoms with Crippen LogP contribution in [0.1, 0.15) is 36.9 Å². The van der Waals surface area contributed by atoms with Crippen LogP contribution in [-0.4, -0.2) is 0 Å². The predicted molar refractivity (Wildman–Crippen MR) is 63.1 cm³/mol. The second-order valence-electron chi connectivity index (χ2n) is 4.75. The summed E-state index contributed by atoms with van der Waals surface area (Å²) in [6.45, 7) is 4.40. The first-order chi connectivity index (χ1) is 7.22. The molecule has 82 valence electrons. The van der Waals surface area contributed by atoms with Gasteiger partial charge in [0.1, 0.15) is 0 Å². The molecule has 3 N–H and O–H groups in total. The van der Waals surface area contributed by atoms with Crippen molar-refractivity contribution < 1.29 is 0 Å². The number of aryl methyl sites for hydroxylation is 1. The van der Waals surface area contributed by atoms with Crippen LogP contribution < -0.4 is 11.3 Å². The lowest BCUT2D eigenvalue weighted by molar-refractivity contribution is 0.354. The summed E-state index contributed by atoms with van der Waals surface area (Å²) in [7, 11) is 0. The molecule has 0 saturated heterocycles. The lowest BCUT2D eigenvalue weighted by Gasteiger charge is -2.23. The van der Waals surface area contributed by atoms with Crippen LogP contribution in [0.4, 0.5) is 0 Å². The summed E-state index contributed by atoms with van der Waals surface area (Å²) in [6, 6.07) is 8.97. The molecule has 0 bridgehead atoms. The van der Waals surface area contributed by atoms with Crippen molar-refractivity contribution in [2.24, 2.45) is 17.7 Å². The first kappa shape index (κ1) is 10.7. The van der Waals surface area contributed by atoms with E-state index in [1.54, 1.807) is 0 Å². The molecule has 15 heavy (non-hydrogen) atoms. The molecule has 2 unspecified atom stereocenters. The van der Waals surface area contributed by atoms with Gasteiger partial charge in [-0.2, -0.15) is 0 Å². The van der Waals surface area contributed by atoms with E-state index in [0.717, 1.165) is 5.92 Å². The molecule has 2 atom stereocenters. The maximum Gasteiger partial charge on any atom is 0.0488 e. The number of nitrogens with two attached hydrogens (primary N) is 1. The summed E-state index contributed by atoms with van der Waals surface area (Å²) in [5.74, 6) is 7.16. The minimum Gasteiger partial charge on any atom is -0.271 e. The highest BCUT2D eigenvalue weighted by molar-refractivity contribution is 5.24. The average molecular weight is 204 g/mol. The maximum absolute atomic E-state index is 5.66. The van der Waals surface area contributed by atoms with E-state index in [1.165, 1.54) is 24.0 Å². The van der Waals surface area contributed by atoms with Crippen LogP contribution in [0.3, 0.4) is 0 Å². The zero-order chi connectivity index (χ0) is 10.8. The van der Waals surface area contributed by atoms with Gasteiger partial charge >= 0.3 is 0 Å². The van der Waals surface area contributed by atoms with Crippen LogP contribution >= 0.6 is 0 Å². The SMILES string of the molecule is Cc1ccc(C(NN)C(C)C2CC2)cc1. The molecule has 0 amide bonds. The number of nitrogens with one attached hydrogen (secondary N) is 1. The first-order valence-corrected chi connectivity index (χ1v) is 5.75. The zero-order valence-electron chi connectivity index (χ0n) is 9.53. The van der Waals surface area contributed by atoms with Crippen LogP contribution in [0, 0.1) is 18.8 Å². The minimum atomic E-state index is 0.304. The van der Waals surface area contributed by atoms with Crippen LogP contribution in [0.25, 0.3) is 0 Å². The number of hydrogen-bond donors (Lipinski definition) is 2. The largest absolute Gasteiger partial charge is 0.271 e. The van der Waals surface area contributed by atoms with Crippen molar-refractivity contribution in [1.82, 2.24) is 5.43 Å². The Morgan fingerprint density at radius 1 is 1.27 bits per heavy atom. The van der Waals surface area contributed by atoms with E-state index >= 15 is 0 Å². The lowest BCUT2D eigenvalue weighted by Crippen LogP contribution is -2.33. The molecule has 1 fully saturated rings. The fraction of sp³-hybridized carbons (Fsp3) is 0.538. The van der Waals surface area contributed by atoms with Crippen LogP contribution in [0.15, 0.2) is 24.3 Å². The minimum absolute atomic E-state index is 0.304. The molecule has 0 aliphatic heterocycles.